The standard InChI is InChI=1S/C12H17ClFN/c1-7(4-5-15)11-9(3)8(2)6-10(13)12(11)14/h6-7H,4-5,15H2,1-3H3. The molecule has 1 aromatic rings. The molecule has 0 spiro atoms. The number of hydrogen-bond donors (Lipinski definition) is 1. The summed E-state index contributed by atoms with van der Waals surface area (Å²) in [4.78, 5) is 0. The molecular weight excluding hydrogens is 213 g/mol. The van der Waals surface area contributed by atoms with Gasteiger partial charge in [0.15, 0.2) is 0 Å². The Morgan fingerprint density at radius 1 is 1.47 bits per heavy atom. The highest BCUT2D eigenvalue weighted by molar-refractivity contribution is 6.30. The first-order valence-electron chi connectivity index (χ1n) is 5.14. The van der Waals surface area contributed by atoms with Gasteiger partial charge in [0, 0.05) is 0 Å². The maximum absolute atomic E-state index is 13.8. The lowest BCUT2D eigenvalue weighted by Gasteiger charge is -2.17. The van der Waals surface area contributed by atoms with E-state index in [0.717, 1.165) is 17.5 Å². The van der Waals surface area contributed by atoms with E-state index in [0.29, 0.717) is 12.1 Å². The molecular formula is C12H17ClFN. The Kier molecular flexibility index (Phi) is 4.12. The van der Waals surface area contributed by atoms with Gasteiger partial charge < -0.3 is 5.73 Å². The first-order chi connectivity index (χ1) is 6.99. The molecule has 15 heavy (non-hydrogen) atoms. The average Bonchev–Trinajstić information content (AvgIpc) is 2.16. The summed E-state index contributed by atoms with van der Waals surface area (Å²) in [5.41, 5.74) is 8.21. The number of rotatable bonds is 3. The molecule has 1 atom stereocenters. The van der Waals surface area contributed by atoms with Gasteiger partial charge in [0.05, 0.1) is 5.02 Å². The van der Waals surface area contributed by atoms with Crippen LogP contribution in [0.5, 0.6) is 0 Å². The average molecular weight is 230 g/mol. The van der Waals surface area contributed by atoms with E-state index in [1.54, 1.807) is 6.07 Å². The van der Waals surface area contributed by atoms with Crippen LogP contribution in [-0.2, 0) is 0 Å². The van der Waals surface area contributed by atoms with Crippen molar-refractivity contribution in [3.8, 4) is 0 Å². The molecule has 0 saturated heterocycles. The van der Waals surface area contributed by atoms with E-state index in [1.807, 2.05) is 20.8 Å². The number of benzene rings is 1. The zero-order chi connectivity index (χ0) is 11.6. The van der Waals surface area contributed by atoms with Crippen molar-refractivity contribution < 1.29 is 4.39 Å². The molecule has 0 heterocycles. The van der Waals surface area contributed by atoms with Crippen molar-refractivity contribution in [2.24, 2.45) is 5.73 Å². The fourth-order valence-corrected chi connectivity index (χ4v) is 2.11. The predicted molar refractivity (Wildman–Crippen MR) is 63.0 cm³/mol. The van der Waals surface area contributed by atoms with Crippen LogP contribution in [0.2, 0.25) is 5.02 Å². The highest BCUT2D eigenvalue weighted by Crippen LogP contribution is 2.31. The lowest BCUT2D eigenvalue weighted by atomic mass is 9.91. The van der Waals surface area contributed by atoms with Crippen molar-refractivity contribution in [1.82, 2.24) is 0 Å². The maximum Gasteiger partial charge on any atom is 0.145 e. The molecule has 1 unspecified atom stereocenters. The van der Waals surface area contributed by atoms with Gasteiger partial charge in [0.1, 0.15) is 5.82 Å². The molecule has 84 valence electrons. The predicted octanol–water partition coefficient (Wildman–Crippen LogP) is 3.55. The van der Waals surface area contributed by atoms with E-state index in [-0.39, 0.29) is 16.8 Å². The van der Waals surface area contributed by atoms with Crippen LogP contribution in [0.25, 0.3) is 0 Å². The summed E-state index contributed by atoms with van der Waals surface area (Å²) < 4.78 is 13.8. The molecule has 1 aromatic carbocycles. The highest BCUT2D eigenvalue weighted by atomic mass is 35.5. The SMILES string of the molecule is Cc1cc(Cl)c(F)c(C(C)CCN)c1C. The van der Waals surface area contributed by atoms with Crippen molar-refractivity contribution in [3.05, 3.63) is 33.6 Å². The van der Waals surface area contributed by atoms with Gasteiger partial charge in [0.2, 0.25) is 0 Å². The van der Waals surface area contributed by atoms with Gasteiger partial charge in [-0.15, -0.1) is 0 Å². The maximum atomic E-state index is 13.8. The van der Waals surface area contributed by atoms with E-state index in [1.165, 1.54) is 0 Å². The number of hydrogen-bond acceptors (Lipinski definition) is 1. The molecule has 2 N–H and O–H groups in total. The van der Waals surface area contributed by atoms with Crippen molar-refractivity contribution in [3.63, 3.8) is 0 Å². The smallest absolute Gasteiger partial charge is 0.145 e. The van der Waals surface area contributed by atoms with Gasteiger partial charge >= 0.3 is 0 Å². The number of aryl methyl sites for hydroxylation is 1. The van der Waals surface area contributed by atoms with Crippen LogP contribution >= 0.6 is 11.6 Å². The van der Waals surface area contributed by atoms with Crippen molar-refractivity contribution in [1.29, 1.82) is 0 Å². The fourth-order valence-electron chi connectivity index (χ4n) is 1.85. The second kappa shape index (κ2) is 4.95. The zero-order valence-electron chi connectivity index (χ0n) is 9.40. The van der Waals surface area contributed by atoms with Crippen LogP contribution in [0.4, 0.5) is 4.39 Å². The molecule has 0 aliphatic heterocycles. The molecule has 1 nitrogen and oxygen atoms in total. The molecule has 0 amide bonds. The summed E-state index contributed by atoms with van der Waals surface area (Å²) in [6.07, 6.45) is 0.775. The second-order valence-electron chi connectivity index (χ2n) is 4.01. The van der Waals surface area contributed by atoms with Crippen molar-refractivity contribution >= 4 is 11.6 Å². The topological polar surface area (TPSA) is 26.0 Å². The molecule has 0 aromatic heterocycles. The Hall–Kier alpha value is -0.600. The fraction of sp³-hybridized carbons (Fsp3) is 0.500. The lowest BCUT2D eigenvalue weighted by Crippen LogP contribution is -2.08. The number of nitrogens with two attached hydrogens (primary N) is 1. The van der Waals surface area contributed by atoms with Gasteiger partial charge in [-0.2, -0.15) is 0 Å². The molecule has 1 rings (SSSR count). The quantitative estimate of drug-likeness (QED) is 0.843. The first-order valence-corrected chi connectivity index (χ1v) is 5.52. The van der Waals surface area contributed by atoms with E-state index in [9.17, 15) is 4.39 Å². The van der Waals surface area contributed by atoms with Gasteiger partial charge in [-0.05, 0) is 55.5 Å². The van der Waals surface area contributed by atoms with Crippen LogP contribution in [0, 0.1) is 19.7 Å². The molecule has 0 saturated carbocycles. The molecule has 0 aliphatic carbocycles. The summed E-state index contributed by atoms with van der Waals surface area (Å²) in [6.45, 7) is 6.41. The monoisotopic (exact) mass is 229 g/mol. The van der Waals surface area contributed by atoms with Crippen LogP contribution in [-0.4, -0.2) is 6.54 Å². The highest BCUT2D eigenvalue weighted by Gasteiger charge is 2.17. The van der Waals surface area contributed by atoms with Crippen LogP contribution < -0.4 is 5.73 Å². The summed E-state index contributed by atoms with van der Waals surface area (Å²) >= 11 is 5.83. The summed E-state index contributed by atoms with van der Waals surface area (Å²) in [5, 5.41) is 0.206. The minimum atomic E-state index is -0.291. The Balaban J connectivity index is 3.26. The molecule has 0 fully saturated rings. The Labute approximate surface area is 95.4 Å². The number of halogens is 2. The van der Waals surface area contributed by atoms with E-state index >= 15 is 0 Å². The Morgan fingerprint density at radius 3 is 2.60 bits per heavy atom. The first kappa shape index (κ1) is 12.5. The Morgan fingerprint density at radius 2 is 2.07 bits per heavy atom. The van der Waals surface area contributed by atoms with E-state index in [2.05, 4.69) is 0 Å². The zero-order valence-corrected chi connectivity index (χ0v) is 10.2. The van der Waals surface area contributed by atoms with Crippen molar-refractivity contribution in [2.75, 3.05) is 6.54 Å². The second-order valence-corrected chi connectivity index (χ2v) is 4.41. The molecule has 3 heteroatoms. The third kappa shape index (κ3) is 2.50. The molecule has 0 radical (unpaired) electrons. The lowest BCUT2D eigenvalue weighted by molar-refractivity contribution is 0.573. The van der Waals surface area contributed by atoms with Gasteiger partial charge in [-0.3, -0.25) is 0 Å². The van der Waals surface area contributed by atoms with E-state index in [4.69, 9.17) is 17.3 Å². The minimum absolute atomic E-state index is 0.118. The van der Waals surface area contributed by atoms with Gasteiger partial charge in [-0.25, -0.2) is 4.39 Å². The minimum Gasteiger partial charge on any atom is -0.330 e. The van der Waals surface area contributed by atoms with Crippen LogP contribution in [0.3, 0.4) is 0 Å². The summed E-state index contributed by atoms with van der Waals surface area (Å²) in [7, 11) is 0. The Bertz CT molecular complexity index is 337. The molecule has 0 bridgehead atoms. The largest absolute Gasteiger partial charge is 0.330 e. The summed E-state index contributed by atoms with van der Waals surface area (Å²) in [5.74, 6) is -0.173. The molecule has 0 aliphatic rings. The van der Waals surface area contributed by atoms with Crippen LogP contribution in [0.15, 0.2) is 6.07 Å². The van der Waals surface area contributed by atoms with Gasteiger partial charge in [0.25, 0.3) is 0 Å². The van der Waals surface area contributed by atoms with Crippen molar-refractivity contribution in [2.45, 2.75) is 33.1 Å². The van der Waals surface area contributed by atoms with E-state index < -0.39 is 0 Å². The normalized spacial score (nSPS) is 12.9. The third-order valence-corrected chi connectivity index (χ3v) is 3.15. The van der Waals surface area contributed by atoms with Gasteiger partial charge in [-0.1, -0.05) is 18.5 Å². The van der Waals surface area contributed by atoms with Crippen LogP contribution in [0.1, 0.15) is 36.0 Å². The third-order valence-electron chi connectivity index (χ3n) is 2.88. The summed E-state index contributed by atoms with van der Waals surface area (Å²) in [6, 6.07) is 1.67.